The smallest absolute Gasteiger partial charge is 0.0956 e. The summed E-state index contributed by atoms with van der Waals surface area (Å²) in [5.41, 5.74) is 2.72. The maximum atomic E-state index is 4.72. The summed E-state index contributed by atoms with van der Waals surface area (Å²) in [6, 6.07) is 0. The first-order valence-corrected chi connectivity index (χ1v) is 6.90. The van der Waals surface area contributed by atoms with Crippen molar-refractivity contribution in [2.24, 2.45) is 4.99 Å². The molecule has 2 heteroatoms. The molecule has 0 unspecified atom stereocenters. The third-order valence-electron chi connectivity index (χ3n) is 2.47. The summed E-state index contributed by atoms with van der Waals surface area (Å²) in [6.07, 6.45) is 12.8. The second-order valence-corrected chi connectivity index (χ2v) is 5.02. The van der Waals surface area contributed by atoms with E-state index in [2.05, 4.69) is 32.3 Å². The Kier molecular flexibility index (Phi) is 5.77. The normalized spacial score (nSPS) is 17.5. The Morgan fingerprint density at radius 1 is 1.13 bits per heavy atom. The zero-order chi connectivity index (χ0) is 11.1. The van der Waals surface area contributed by atoms with Crippen molar-refractivity contribution in [1.29, 1.82) is 0 Å². The molecule has 0 aromatic carbocycles. The van der Waals surface area contributed by atoms with E-state index in [0.717, 1.165) is 5.03 Å². The van der Waals surface area contributed by atoms with Gasteiger partial charge in [0.05, 0.1) is 5.03 Å². The van der Waals surface area contributed by atoms with Crippen LogP contribution in [0.15, 0.2) is 27.7 Å². The first kappa shape index (κ1) is 12.6. The van der Waals surface area contributed by atoms with Crippen molar-refractivity contribution in [2.75, 3.05) is 6.26 Å². The molecule has 1 fully saturated rings. The molecule has 0 aromatic heterocycles. The second-order valence-electron chi connectivity index (χ2n) is 4.19. The average Bonchev–Trinajstić information content (AvgIpc) is 2.25. The molecule has 84 valence electrons. The molecule has 15 heavy (non-hydrogen) atoms. The molecule has 0 aliphatic heterocycles. The highest BCUT2D eigenvalue weighted by Gasteiger charge is 2.06. The van der Waals surface area contributed by atoms with E-state index >= 15 is 0 Å². The van der Waals surface area contributed by atoms with E-state index in [1.807, 2.05) is 0 Å². The van der Waals surface area contributed by atoms with Crippen LogP contribution in [-0.2, 0) is 0 Å². The average molecular weight is 223 g/mol. The third kappa shape index (κ3) is 5.22. The first-order valence-electron chi connectivity index (χ1n) is 5.68. The van der Waals surface area contributed by atoms with Crippen LogP contribution in [0.5, 0.6) is 0 Å². The van der Waals surface area contributed by atoms with Crippen LogP contribution in [0.3, 0.4) is 0 Å². The van der Waals surface area contributed by atoms with Crippen LogP contribution < -0.4 is 0 Å². The molecular weight excluding hydrogens is 202 g/mol. The molecule has 0 radical (unpaired) electrons. The summed E-state index contributed by atoms with van der Waals surface area (Å²) in [5.74, 6) is 0. The van der Waals surface area contributed by atoms with E-state index in [1.165, 1.54) is 43.4 Å². The van der Waals surface area contributed by atoms with Crippen LogP contribution in [0.1, 0.15) is 46.0 Å². The minimum Gasteiger partial charge on any atom is -0.251 e. The number of hydrogen-bond donors (Lipinski definition) is 0. The monoisotopic (exact) mass is 223 g/mol. The van der Waals surface area contributed by atoms with Gasteiger partial charge >= 0.3 is 0 Å². The van der Waals surface area contributed by atoms with Gasteiger partial charge < -0.3 is 0 Å². The van der Waals surface area contributed by atoms with E-state index < -0.39 is 0 Å². The van der Waals surface area contributed by atoms with Crippen LogP contribution in [-0.4, -0.2) is 12.0 Å². The molecule has 0 amide bonds. The van der Waals surface area contributed by atoms with Gasteiger partial charge in [-0.15, -0.1) is 11.8 Å². The van der Waals surface area contributed by atoms with Crippen molar-refractivity contribution >= 4 is 17.5 Å². The van der Waals surface area contributed by atoms with Crippen molar-refractivity contribution in [3.63, 3.8) is 0 Å². The predicted octanol–water partition coefficient (Wildman–Crippen LogP) is 4.56. The van der Waals surface area contributed by atoms with Gasteiger partial charge in [0.25, 0.3) is 0 Å². The molecule has 1 rings (SSSR count). The van der Waals surface area contributed by atoms with E-state index in [9.17, 15) is 0 Å². The van der Waals surface area contributed by atoms with Gasteiger partial charge in [0.1, 0.15) is 0 Å². The molecule has 0 bridgehead atoms. The summed E-state index contributed by atoms with van der Waals surface area (Å²) < 4.78 is 0. The molecule has 0 aromatic rings. The first-order chi connectivity index (χ1) is 7.22. The van der Waals surface area contributed by atoms with Crippen LogP contribution >= 0.6 is 11.8 Å². The molecule has 1 aliphatic carbocycles. The van der Waals surface area contributed by atoms with Gasteiger partial charge in [-0.2, -0.15) is 0 Å². The van der Waals surface area contributed by atoms with Crippen molar-refractivity contribution in [3.8, 4) is 0 Å². The maximum Gasteiger partial charge on any atom is 0.0956 e. The fraction of sp³-hybridized carbons (Fsp3) is 0.615. The standard InChI is InChI=1S/C13H21NS/c1-11(2)9-10-13(15-3)14-12-7-5-4-6-8-12/h9-10H,4-8H2,1-3H3/b13-10+. The van der Waals surface area contributed by atoms with E-state index in [0.29, 0.717) is 0 Å². The third-order valence-corrected chi connectivity index (χ3v) is 3.11. The number of thioether (sulfide) groups is 1. The zero-order valence-corrected chi connectivity index (χ0v) is 10.9. The van der Waals surface area contributed by atoms with Gasteiger partial charge in [-0.25, -0.2) is 0 Å². The Morgan fingerprint density at radius 2 is 1.80 bits per heavy atom. The van der Waals surface area contributed by atoms with Gasteiger partial charge in [-0.3, -0.25) is 4.99 Å². The SMILES string of the molecule is CS/C(=C/C=C(C)C)N=C1CCCCC1. The van der Waals surface area contributed by atoms with Crippen LogP contribution in [0.4, 0.5) is 0 Å². The van der Waals surface area contributed by atoms with Crippen molar-refractivity contribution in [3.05, 3.63) is 22.8 Å². The molecule has 1 aliphatic rings. The molecule has 0 saturated heterocycles. The van der Waals surface area contributed by atoms with E-state index in [1.54, 1.807) is 11.8 Å². The lowest BCUT2D eigenvalue weighted by Gasteiger charge is -2.12. The second kappa shape index (κ2) is 6.89. The summed E-state index contributed by atoms with van der Waals surface area (Å²) in [4.78, 5) is 4.72. The summed E-state index contributed by atoms with van der Waals surface area (Å²) in [5, 5.41) is 1.15. The van der Waals surface area contributed by atoms with Gasteiger partial charge in [0, 0.05) is 5.71 Å². The number of allylic oxidation sites excluding steroid dienone is 3. The van der Waals surface area contributed by atoms with Crippen LogP contribution in [0.2, 0.25) is 0 Å². The Morgan fingerprint density at radius 3 is 2.33 bits per heavy atom. The Balaban J connectivity index is 2.66. The molecule has 0 N–H and O–H groups in total. The number of nitrogens with zero attached hydrogens (tertiary/aromatic N) is 1. The lowest BCUT2D eigenvalue weighted by molar-refractivity contribution is 0.666. The zero-order valence-electron chi connectivity index (χ0n) is 10.0. The summed E-state index contributed by atoms with van der Waals surface area (Å²) in [6.45, 7) is 4.23. The Hall–Kier alpha value is -0.500. The number of hydrogen-bond acceptors (Lipinski definition) is 2. The quantitative estimate of drug-likeness (QED) is 0.639. The largest absolute Gasteiger partial charge is 0.251 e. The Bertz CT molecular complexity index is 275. The molecule has 1 nitrogen and oxygen atoms in total. The summed E-state index contributed by atoms with van der Waals surface area (Å²) in [7, 11) is 0. The highest BCUT2D eigenvalue weighted by atomic mass is 32.2. The van der Waals surface area contributed by atoms with Crippen molar-refractivity contribution in [1.82, 2.24) is 0 Å². The minimum absolute atomic E-state index is 1.15. The van der Waals surface area contributed by atoms with Crippen molar-refractivity contribution < 1.29 is 0 Å². The number of rotatable bonds is 3. The van der Waals surface area contributed by atoms with Crippen LogP contribution in [0, 0.1) is 0 Å². The molecular formula is C13H21NS. The van der Waals surface area contributed by atoms with Gasteiger partial charge in [0.2, 0.25) is 0 Å². The van der Waals surface area contributed by atoms with Gasteiger partial charge in [-0.05, 0) is 51.9 Å². The van der Waals surface area contributed by atoms with Crippen molar-refractivity contribution in [2.45, 2.75) is 46.0 Å². The minimum atomic E-state index is 1.15. The van der Waals surface area contributed by atoms with Gasteiger partial charge in [0.15, 0.2) is 0 Å². The molecule has 0 atom stereocenters. The lowest BCUT2D eigenvalue weighted by atomic mass is 9.99. The predicted molar refractivity (Wildman–Crippen MR) is 71.5 cm³/mol. The highest BCUT2D eigenvalue weighted by Crippen LogP contribution is 2.20. The van der Waals surface area contributed by atoms with Crippen LogP contribution in [0.25, 0.3) is 0 Å². The summed E-state index contributed by atoms with van der Waals surface area (Å²) >= 11 is 1.73. The van der Waals surface area contributed by atoms with E-state index in [-0.39, 0.29) is 0 Å². The Labute approximate surface area is 97.8 Å². The van der Waals surface area contributed by atoms with E-state index in [4.69, 9.17) is 4.99 Å². The molecule has 0 heterocycles. The maximum absolute atomic E-state index is 4.72. The highest BCUT2D eigenvalue weighted by molar-refractivity contribution is 8.02. The van der Waals surface area contributed by atoms with Gasteiger partial charge in [-0.1, -0.05) is 18.1 Å². The molecule has 0 spiro atoms. The molecule has 1 saturated carbocycles. The number of aliphatic imine (C=N–C) groups is 1. The lowest BCUT2D eigenvalue weighted by Crippen LogP contribution is -2.04. The fourth-order valence-corrected chi connectivity index (χ4v) is 2.04. The topological polar surface area (TPSA) is 12.4 Å². The fourth-order valence-electron chi connectivity index (χ4n) is 1.62.